The van der Waals surface area contributed by atoms with Crippen LogP contribution < -0.4 is 16.0 Å². The van der Waals surface area contributed by atoms with Gasteiger partial charge in [-0.05, 0) is 41.5 Å². The number of para-hydroxylation sites is 1. The van der Waals surface area contributed by atoms with Gasteiger partial charge in [0, 0.05) is 41.3 Å². The van der Waals surface area contributed by atoms with Crippen LogP contribution >= 0.6 is 0 Å². The van der Waals surface area contributed by atoms with Crippen LogP contribution in [-0.2, 0) is 22.5 Å². The number of amides is 3. The number of hydrogen-bond acceptors (Lipinski definition) is 4. The lowest BCUT2D eigenvalue weighted by atomic mass is 10.1. The number of ether oxygens (including phenoxy) is 1. The normalized spacial score (nSPS) is 10.5. The molecule has 4 rings (SSSR count). The van der Waals surface area contributed by atoms with Crippen LogP contribution in [0.2, 0.25) is 0 Å². The van der Waals surface area contributed by atoms with Gasteiger partial charge in [0.2, 0.25) is 5.91 Å². The van der Waals surface area contributed by atoms with E-state index in [1.165, 1.54) is 0 Å². The van der Waals surface area contributed by atoms with Gasteiger partial charge in [-0.15, -0.1) is 0 Å². The minimum Gasteiger partial charge on any atom is -0.449 e. The third kappa shape index (κ3) is 6.70. The van der Waals surface area contributed by atoms with Crippen molar-refractivity contribution in [3.8, 4) is 0 Å². The van der Waals surface area contributed by atoms with E-state index in [0.29, 0.717) is 24.2 Å². The quantitative estimate of drug-likeness (QED) is 0.296. The number of carbonyl (C=O) groups excluding carboxylic acids is 3. The van der Waals surface area contributed by atoms with Crippen molar-refractivity contribution in [1.82, 2.24) is 15.6 Å². The van der Waals surface area contributed by atoms with E-state index < -0.39 is 6.09 Å². The maximum absolute atomic E-state index is 12.6. The maximum Gasteiger partial charge on any atom is 0.407 e. The number of nitrogens with one attached hydrogen (secondary N) is 4. The third-order valence-corrected chi connectivity index (χ3v) is 5.38. The molecule has 0 saturated heterocycles. The second-order valence-electron chi connectivity index (χ2n) is 7.90. The van der Waals surface area contributed by atoms with E-state index in [9.17, 15) is 14.4 Å². The number of anilines is 1. The maximum atomic E-state index is 12.6. The highest BCUT2D eigenvalue weighted by Crippen LogP contribution is 2.20. The van der Waals surface area contributed by atoms with Crippen LogP contribution in [0.4, 0.5) is 10.5 Å². The molecule has 0 aliphatic carbocycles. The fraction of sp³-hybridized carbons (Fsp3) is 0.148. The number of H-pyrrole nitrogens is 1. The number of benzene rings is 3. The second kappa shape index (κ2) is 11.5. The summed E-state index contributed by atoms with van der Waals surface area (Å²) in [7, 11) is 0. The monoisotopic (exact) mass is 470 g/mol. The summed E-state index contributed by atoms with van der Waals surface area (Å²) in [6.07, 6.45) is 1.84. The minimum atomic E-state index is -0.484. The number of hydrogen-bond donors (Lipinski definition) is 4. The molecule has 0 aliphatic rings. The van der Waals surface area contributed by atoms with Gasteiger partial charge in [0.1, 0.15) is 0 Å². The number of rotatable bonds is 9. The fourth-order valence-corrected chi connectivity index (χ4v) is 3.59. The topological polar surface area (TPSA) is 112 Å². The van der Waals surface area contributed by atoms with Crippen molar-refractivity contribution in [2.24, 2.45) is 0 Å². The van der Waals surface area contributed by atoms with Crippen LogP contribution in [0.5, 0.6) is 0 Å². The highest BCUT2D eigenvalue weighted by Gasteiger charge is 2.12. The van der Waals surface area contributed by atoms with E-state index in [4.69, 9.17) is 4.74 Å². The molecule has 8 heteroatoms. The first-order chi connectivity index (χ1) is 17.1. The van der Waals surface area contributed by atoms with Crippen LogP contribution in [0.1, 0.15) is 21.5 Å². The molecule has 0 saturated carbocycles. The lowest BCUT2D eigenvalue weighted by Gasteiger charge is -2.08. The Bertz CT molecular complexity index is 1300. The fourth-order valence-electron chi connectivity index (χ4n) is 3.59. The molecule has 0 spiro atoms. The van der Waals surface area contributed by atoms with E-state index in [1.54, 1.807) is 24.3 Å². The van der Waals surface area contributed by atoms with Gasteiger partial charge in [0.15, 0.2) is 0 Å². The van der Waals surface area contributed by atoms with E-state index in [2.05, 4.69) is 20.9 Å². The Morgan fingerprint density at radius 2 is 1.60 bits per heavy atom. The molecule has 1 aromatic heterocycles. The van der Waals surface area contributed by atoms with Gasteiger partial charge >= 0.3 is 6.09 Å². The zero-order valence-corrected chi connectivity index (χ0v) is 19.0. The van der Waals surface area contributed by atoms with Gasteiger partial charge < -0.3 is 25.7 Å². The first kappa shape index (κ1) is 23.6. The van der Waals surface area contributed by atoms with Gasteiger partial charge in [-0.25, -0.2) is 4.79 Å². The molecule has 0 aliphatic heterocycles. The van der Waals surface area contributed by atoms with E-state index in [0.717, 1.165) is 22.0 Å². The van der Waals surface area contributed by atoms with E-state index in [-0.39, 0.29) is 25.0 Å². The molecule has 0 atom stereocenters. The standard InChI is InChI=1S/C27H26N4O4/c32-25(31-22-9-5-2-6-10-22)18-29-26(33)20-11-12-24-23(15-20)21(17-28-24)13-14-35-27(34)30-16-19-7-3-1-4-8-19/h1-12,15,17,28H,13-14,16,18H2,(H,29,33)(H,30,34)(H,31,32). The predicted molar refractivity (Wildman–Crippen MR) is 134 cm³/mol. The smallest absolute Gasteiger partial charge is 0.407 e. The Kier molecular flexibility index (Phi) is 7.75. The molecule has 3 aromatic carbocycles. The molecule has 0 bridgehead atoms. The zero-order chi connectivity index (χ0) is 24.5. The summed E-state index contributed by atoms with van der Waals surface area (Å²) >= 11 is 0. The Hall–Kier alpha value is -4.59. The Morgan fingerprint density at radius 3 is 2.37 bits per heavy atom. The van der Waals surface area contributed by atoms with Crippen molar-refractivity contribution in [1.29, 1.82) is 0 Å². The Labute approximate surface area is 202 Å². The summed E-state index contributed by atoms with van der Waals surface area (Å²) in [5.74, 6) is -0.658. The molecule has 0 fully saturated rings. The Balaban J connectivity index is 1.27. The number of aromatic amines is 1. The van der Waals surface area contributed by atoms with Gasteiger partial charge in [-0.2, -0.15) is 0 Å². The molecule has 3 amide bonds. The summed E-state index contributed by atoms with van der Waals surface area (Å²) in [5.41, 5.74) is 3.89. The van der Waals surface area contributed by atoms with Crippen molar-refractivity contribution in [3.63, 3.8) is 0 Å². The SMILES string of the molecule is O=C(CNC(=O)c1ccc2[nH]cc(CCOC(=O)NCc3ccccc3)c2c1)Nc1ccccc1. The molecule has 4 N–H and O–H groups in total. The van der Waals surface area contributed by atoms with Crippen LogP contribution in [0, 0.1) is 0 Å². The first-order valence-electron chi connectivity index (χ1n) is 11.3. The molecule has 0 unspecified atom stereocenters. The number of fused-ring (bicyclic) bond motifs is 1. The molecule has 1 heterocycles. The largest absolute Gasteiger partial charge is 0.449 e. The summed E-state index contributed by atoms with van der Waals surface area (Å²) in [5, 5.41) is 8.96. The predicted octanol–water partition coefficient (Wildman–Crippen LogP) is 4.01. The number of alkyl carbamates (subject to hydrolysis) is 1. The lowest BCUT2D eigenvalue weighted by Crippen LogP contribution is -2.32. The van der Waals surface area contributed by atoms with Crippen molar-refractivity contribution >= 4 is 34.5 Å². The van der Waals surface area contributed by atoms with Crippen molar-refractivity contribution < 1.29 is 19.1 Å². The van der Waals surface area contributed by atoms with Crippen LogP contribution in [0.3, 0.4) is 0 Å². The van der Waals surface area contributed by atoms with Crippen LogP contribution in [-0.4, -0.2) is 36.0 Å². The number of aromatic nitrogens is 1. The molecule has 8 nitrogen and oxygen atoms in total. The highest BCUT2D eigenvalue weighted by atomic mass is 16.5. The average Bonchev–Trinajstić information content (AvgIpc) is 3.29. The first-order valence-corrected chi connectivity index (χ1v) is 11.3. The van der Waals surface area contributed by atoms with Crippen molar-refractivity contribution in [2.75, 3.05) is 18.5 Å². The van der Waals surface area contributed by atoms with Crippen molar-refractivity contribution in [3.05, 3.63) is 102 Å². The van der Waals surface area contributed by atoms with Gasteiger partial charge in [-0.3, -0.25) is 9.59 Å². The third-order valence-electron chi connectivity index (χ3n) is 5.38. The van der Waals surface area contributed by atoms with Crippen LogP contribution in [0.25, 0.3) is 10.9 Å². The molecular weight excluding hydrogens is 444 g/mol. The lowest BCUT2D eigenvalue weighted by molar-refractivity contribution is -0.115. The van der Waals surface area contributed by atoms with Crippen LogP contribution in [0.15, 0.2) is 85.1 Å². The minimum absolute atomic E-state index is 0.141. The van der Waals surface area contributed by atoms with Crippen molar-refractivity contribution in [2.45, 2.75) is 13.0 Å². The molecular formula is C27H26N4O4. The molecule has 4 aromatic rings. The van der Waals surface area contributed by atoms with Gasteiger partial charge in [0.25, 0.3) is 5.91 Å². The summed E-state index contributed by atoms with van der Waals surface area (Å²) in [4.78, 5) is 39.8. The van der Waals surface area contributed by atoms with Gasteiger partial charge in [-0.1, -0.05) is 48.5 Å². The summed E-state index contributed by atoms with van der Waals surface area (Å²) in [6, 6.07) is 23.9. The van der Waals surface area contributed by atoms with E-state index in [1.807, 2.05) is 60.8 Å². The summed E-state index contributed by atoms with van der Waals surface area (Å²) in [6.45, 7) is 0.454. The summed E-state index contributed by atoms with van der Waals surface area (Å²) < 4.78 is 5.29. The molecule has 0 radical (unpaired) electrons. The average molecular weight is 471 g/mol. The molecule has 35 heavy (non-hydrogen) atoms. The van der Waals surface area contributed by atoms with E-state index >= 15 is 0 Å². The number of carbonyl (C=O) groups is 3. The molecule has 178 valence electrons. The highest BCUT2D eigenvalue weighted by molar-refractivity contribution is 6.01. The Morgan fingerprint density at radius 1 is 0.857 bits per heavy atom. The second-order valence-corrected chi connectivity index (χ2v) is 7.90. The zero-order valence-electron chi connectivity index (χ0n) is 19.0. The van der Waals surface area contributed by atoms with Gasteiger partial charge in [0.05, 0.1) is 13.2 Å².